The summed E-state index contributed by atoms with van der Waals surface area (Å²) in [6.45, 7) is 1.28. The predicted octanol–water partition coefficient (Wildman–Crippen LogP) is 1.81. The van der Waals surface area contributed by atoms with Crippen molar-refractivity contribution in [3.8, 4) is 5.75 Å². The Labute approximate surface area is 180 Å². The van der Waals surface area contributed by atoms with Crippen LogP contribution in [0.3, 0.4) is 0 Å². The number of halogens is 1. The third-order valence-corrected chi connectivity index (χ3v) is 4.81. The lowest BCUT2D eigenvalue weighted by Gasteiger charge is -2.26. The summed E-state index contributed by atoms with van der Waals surface area (Å²) in [6, 6.07) is 10.6. The molecule has 1 aliphatic rings. The number of carboxylic acids is 1. The number of carbonyl (C=O) groups is 4. The first-order valence-corrected chi connectivity index (χ1v) is 9.72. The fourth-order valence-electron chi connectivity index (χ4n) is 2.83. The maximum Gasteiger partial charge on any atom is 0.335 e. The van der Waals surface area contributed by atoms with Gasteiger partial charge in [0, 0.05) is 10.0 Å². The highest BCUT2D eigenvalue weighted by atomic mass is 79.9. The number of hydrogen-bond acceptors (Lipinski definition) is 6. The van der Waals surface area contributed by atoms with Crippen molar-refractivity contribution >= 4 is 51.5 Å². The van der Waals surface area contributed by atoms with Gasteiger partial charge >= 0.3 is 6.03 Å². The zero-order valence-electron chi connectivity index (χ0n) is 15.8. The van der Waals surface area contributed by atoms with Crippen molar-refractivity contribution in [1.82, 2.24) is 5.32 Å². The first kappa shape index (κ1) is 21.3. The largest absolute Gasteiger partial charge is 0.546 e. The molecule has 1 heterocycles. The second kappa shape index (κ2) is 8.91. The number of anilines is 1. The Morgan fingerprint density at radius 1 is 1.17 bits per heavy atom. The zero-order valence-corrected chi connectivity index (χ0v) is 17.4. The van der Waals surface area contributed by atoms with Crippen molar-refractivity contribution in [2.45, 2.75) is 13.3 Å². The van der Waals surface area contributed by atoms with E-state index in [0.717, 1.165) is 16.9 Å². The summed E-state index contributed by atoms with van der Waals surface area (Å²) >= 11 is 3.28. The van der Waals surface area contributed by atoms with Crippen molar-refractivity contribution in [2.24, 2.45) is 0 Å². The lowest BCUT2D eigenvalue weighted by Crippen LogP contribution is -2.54. The fraction of sp³-hybridized carbons (Fsp3) is 0.143. The highest BCUT2D eigenvalue weighted by Gasteiger charge is 2.37. The number of ether oxygens (including phenoxy) is 1. The molecule has 9 heteroatoms. The number of benzene rings is 2. The van der Waals surface area contributed by atoms with Crippen LogP contribution in [0.2, 0.25) is 0 Å². The van der Waals surface area contributed by atoms with Gasteiger partial charge in [0.2, 0.25) is 0 Å². The van der Waals surface area contributed by atoms with Crippen molar-refractivity contribution in [1.29, 1.82) is 0 Å². The number of aliphatic carboxylic acids is 1. The molecule has 1 saturated heterocycles. The van der Waals surface area contributed by atoms with Gasteiger partial charge in [0.1, 0.15) is 17.9 Å². The van der Waals surface area contributed by atoms with Crippen molar-refractivity contribution in [3.63, 3.8) is 0 Å². The van der Waals surface area contributed by atoms with E-state index >= 15 is 0 Å². The quantitative estimate of drug-likeness (QED) is 0.507. The van der Waals surface area contributed by atoms with E-state index < -0.39 is 30.4 Å². The summed E-state index contributed by atoms with van der Waals surface area (Å²) < 4.78 is 5.79. The van der Waals surface area contributed by atoms with Crippen molar-refractivity contribution in [3.05, 3.63) is 63.6 Å². The Kier molecular flexibility index (Phi) is 6.31. The number of hydrogen-bond donors (Lipinski definition) is 1. The van der Waals surface area contributed by atoms with Crippen LogP contribution in [0.25, 0.3) is 6.08 Å². The molecule has 0 aliphatic carbocycles. The molecule has 0 bridgehead atoms. The van der Waals surface area contributed by atoms with E-state index in [2.05, 4.69) is 21.2 Å². The standard InChI is InChI=1S/C21H17BrN2O6/c1-2-12-3-6-15(7-4-12)24-20(28)16(19(27)23-21(24)29)10-13-9-14(22)5-8-17(13)30-11-18(25)26/h3-10H,2,11H2,1H3,(H,25,26)(H,23,27,29)/p-1/b16-10+. The molecule has 4 amide bonds. The first-order chi connectivity index (χ1) is 14.3. The molecule has 1 aliphatic heterocycles. The molecular weight excluding hydrogens is 456 g/mol. The van der Waals surface area contributed by atoms with Crippen LogP contribution in [0.4, 0.5) is 10.5 Å². The maximum atomic E-state index is 13.0. The minimum absolute atomic E-state index is 0.131. The minimum Gasteiger partial charge on any atom is -0.546 e. The van der Waals surface area contributed by atoms with Crippen LogP contribution in [-0.4, -0.2) is 30.4 Å². The number of barbiturate groups is 1. The molecule has 154 valence electrons. The van der Waals surface area contributed by atoms with Crippen LogP contribution in [0.15, 0.2) is 52.5 Å². The molecule has 30 heavy (non-hydrogen) atoms. The lowest BCUT2D eigenvalue weighted by molar-refractivity contribution is -0.307. The summed E-state index contributed by atoms with van der Waals surface area (Å²) in [7, 11) is 0. The molecular formula is C21H16BrN2O6-. The van der Waals surface area contributed by atoms with Gasteiger partial charge in [-0.3, -0.25) is 14.9 Å². The number of nitrogens with zero attached hydrogens (tertiary/aromatic N) is 1. The molecule has 0 unspecified atom stereocenters. The summed E-state index contributed by atoms with van der Waals surface area (Å²) in [5.41, 5.74) is 1.32. The maximum absolute atomic E-state index is 13.0. The third-order valence-electron chi connectivity index (χ3n) is 4.32. The molecule has 3 rings (SSSR count). The number of aryl methyl sites for hydroxylation is 1. The van der Waals surface area contributed by atoms with Crippen molar-refractivity contribution in [2.75, 3.05) is 11.5 Å². The Morgan fingerprint density at radius 3 is 2.50 bits per heavy atom. The monoisotopic (exact) mass is 471 g/mol. The number of rotatable bonds is 6. The van der Waals surface area contributed by atoms with Gasteiger partial charge in [0.25, 0.3) is 11.8 Å². The van der Waals surface area contributed by atoms with Gasteiger partial charge in [-0.25, -0.2) is 9.69 Å². The summed E-state index contributed by atoms with van der Waals surface area (Å²) in [4.78, 5) is 49.2. The molecule has 1 fully saturated rings. The van der Waals surface area contributed by atoms with Crippen LogP contribution in [-0.2, 0) is 20.8 Å². The summed E-state index contributed by atoms with van der Waals surface area (Å²) in [5, 5.41) is 12.8. The second-order valence-corrected chi connectivity index (χ2v) is 7.24. The molecule has 0 aromatic heterocycles. The van der Waals surface area contributed by atoms with E-state index in [0.29, 0.717) is 10.2 Å². The Morgan fingerprint density at radius 2 is 1.87 bits per heavy atom. The van der Waals surface area contributed by atoms with Crippen LogP contribution in [0.5, 0.6) is 5.75 Å². The Hall–Kier alpha value is -3.46. The lowest BCUT2D eigenvalue weighted by atomic mass is 10.1. The minimum atomic E-state index is -1.42. The third kappa shape index (κ3) is 4.57. The van der Waals surface area contributed by atoms with E-state index in [1.54, 1.807) is 36.4 Å². The van der Waals surface area contributed by atoms with Gasteiger partial charge in [-0.15, -0.1) is 0 Å². The van der Waals surface area contributed by atoms with Crippen LogP contribution in [0.1, 0.15) is 18.1 Å². The van der Waals surface area contributed by atoms with Gasteiger partial charge in [-0.1, -0.05) is 35.0 Å². The van der Waals surface area contributed by atoms with E-state index in [1.807, 2.05) is 6.92 Å². The molecule has 2 aromatic rings. The average Bonchev–Trinajstić information content (AvgIpc) is 2.70. The SMILES string of the molecule is CCc1ccc(N2C(=O)NC(=O)/C(=C\c3cc(Br)ccc3OCC(=O)[O-])C2=O)cc1. The molecule has 0 radical (unpaired) electrons. The van der Waals surface area contributed by atoms with Crippen LogP contribution < -0.4 is 20.1 Å². The van der Waals surface area contributed by atoms with E-state index in [4.69, 9.17) is 4.74 Å². The Balaban J connectivity index is 2.00. The average molecular weight is 472 g/mol. The van der Waals surface area contributed by atoms with Gasteiger partial charge in [-0.2, -0.15) is 0 Å². The molecule has 2 aromatic carbocycles. The summed E-state index contributed by atoms with van der Waals surface area (Å²) in [5.74, 6) is -2.96. The van der Waals surface area contributed by atoms with Gasteiger partial charge in [0.15, 0.2) is 0 Å². The first-order valence-electron chi connectivity index (χ1n) is 8.92. The highest BCUT2D eigenvalue weighted by Crippen LogP contribution is 2.28. The highest BCUT2D eigenvalue weighted by molar-refractivity contribution is 9.10. The smallest absolute Gasteiger partial charge is 0.335 e. The van der Waals surface area contributed by atoms with E-state index in [9.17, 15) is 24.3 Å². The van der Waals surface area contributed by atoms with Gasteiger partial charge < -0.3 is 14.6 Å². The van der Waals surface area contributed by atoms with Gasteiger partial charge in [0.05, 0.1) is 11.7 Å². The molecule has 1 N–H and O–H groups in total. The molecule has 0 spiro atoms. The van der Waals surface area contributed by atoms with Crippen LogP contribution >= 0.6 is 15.9 Å². The fourth-order valence-corrected chi connectivity index (χ4v) is 3.21. The topological polar surface area (TPSA) is 116 Å². The summed E-state index contributed by atoms with van der Waals surface area (Å²) in [6.07, 6.45) is 2.04. The van der Waals surface area contributed by atoms with Crippen LogP contribution in [0, 0.1) is 0 Å². The molecule has 8 nitrogen and oxygen atoms in total. The second-order valence-electron chi connectivity index (χ2n) is 6.32. The number of amides is 4. The van der Waals surface area contributed by atoms with E-state index in [1.165, 1.54) is 12.1 Å². The number of urea groups is 1. The number of carbonyl (C=O) groups excluding carboxylic acids is 4. The predicted molar refractivity (Wildman–Crippen MR) is 109 cm³/mol. The number of carboxylic acid groups (broad SMARTS) is 1. The number of nitrogens with one attached hydrogen (secondary N) is 1. The van der Waals surface area contributed by atoms with Crippen molar-refractivity contribution < 1.29 is 29.0 Å². The molecule has 0 saturated carbocycles. The zero-order chi connectivity index (χ0) is 21.8. The van der Waals surface area contributed by atoms with Gasteiger partial charge in [-0.05, 0) is 48.4 Å². The Bertz CT molecular complexity index is 1060. The normalized spacial score (nSPS) is 15.3. The molecule has 0 atom stereocenters. The van der Waals surface area contributed by atoms with E-state index in [-0.39, 0.29) is 16.9 Å². The number of imide groups is 2.